The third kappa shape index (κ3) is 2.69. The average molecular weight is 336 g/mol. The second-order valence-corrected chi connectivity index (χ2v) is 6.30. The summed E-state index contributed by atoms with van der Waals surface area (Å²) in [6.45, 7) is 1.19. The van der Waals surface area contributed by atoms with Crippen molar-refractivity contribution < 1.29 is 9.90 Å². The van der Waals surface area contributed by atoms with Crippen LogP contribution in [0.1, 0.15) is 15.9 Å². The zero-order valence-corrected chi connectivity index (χ0v) is 14.0. The van der Waals surface area contributed by atoms with Crippen LogP contribution in [0.4, 0.5) is 0 Å². The fourth-order valence-corrected chi connectivity index (χ4v) is 3.38. The number of carbonyl (C=O) groups excluding carboxylic acids is 1. The number of rotatable bonds is 4. The van der Waals surface area contributed by atoms with Gasteiger partial charge in [-0.2, -0.15) is 0 Å². The van der Waals surface area contributed by atoms with Crippen molar-refractivity contribution in [3.8, 4) is 11.4 Å². The Bertz CT molecular complexity index is 930. The predicted octanol–water partition coefficient (Wildman–Crippen LogP) is 1.53. The molecule has 0 fully saturated rings. The summed E-state index contributed by atoms with van der Waals surface area (Å²) in [7, 11) is 1.92. The molecule has 3 aromatic rings. The molecule has 1 aromatic heterocycles. The van der Waals surface area contributed by atoms with Crippen LogP contribution in [-0.4, -0.2) is 40.3 Å². The van der Waals surface area contributed by atoms with E-state index in [9.17, 15) is 9.90 Å². The quantitative estimate of drug-likeness (QED) is 0.675. The highest BCUT2D eigenvalue weighted by Crippen LogP contribution is 2.29. The van der Waals surface area contributed by atoms with Gasteiger partial charge in [-0.25, -0.2) is 4.98 Å². The van der Waals surface area contributed by atoms with Crippen LogP contribution in [0.3, 0.4) is 0 Å². The Labute approximate surface area is 145 Å². The third-order valence-corrected chi connectivity index (χ3v) is 4.56. The molecular formula is C19H20N4O2. The Hall–Kier alpha value is -2.70. The third-order valence-electron chi connectivity index (χ3n) is 4.56. The Morgan fingerprint density at radius 2 is 2.08 bits per heavy atom. The molecule has 6 nitrogen and oxygen atoms in total. The summed E-state index contributed by atoms with van der Waals surface area (Å²) in [5.41, 5.74) is 4.40. The maximum atomic E-state index is 12.5. The van der Waals surface area contributed by atoms with Crippen molar-refractivity contribution in [3.63, 3.8) is 0 Å². The summed E-state index contributed by atoms with van der Waals surface area (Å²) in [6, 6.07) is 13.5. The molecule has 25 heavy (non-hydrogen) atoms. The van der Waals surface area contributed by atoms with E-state index in [1.165, 1.54) is 5.56 Å². The topological polar surface area (TPSA) is 79.2 Å². The van der Waals surface area contributed by atoms with Gasteiger partial charge in [0, 0.05) is 18.7 Å². The molecule has 2 aromatic carbocycles. The minimum absolute atomic E-state index is 0.111. The van der Waals surface area contributed by atoms with Crippen LogP contribution in [-0.2, 0) is 13.1 Å². The number of hydrogen-bond donors (Lipinski definition) is 3. The number of aliphatic hydroxyl groups excluding tert-OH is 1. The molecular weight excluding hydrogens is 316 g/mol. The van der Waals surface area contributed by atoms with Gasteiger partial charge in [0.2, 0.25) is 0 Å². The summed E-state index contributed by atoms with van der Waals surface area (Å²) >= 11 is 0. The lowest BCUT2D eigenvalue weighted by molar-refractivity contribution is 0.0917. The maximum absolute atomic E-state index is 12.5. The predicted molar refractivity (Wildman–Crippen MR) is 96.3 cm³/mol. The number of aromatic nitrogens is 2. The summed E-state index contributed by atoms with van der Waals surface area (Å²) in [4.78, 5) is 17.2. The molecule has 6 heteroatoms. The fourth-order valence-electron chi connectivity index (χ4n) is 3.38. The van der Waals surface area contributed by atoms with Gasteiger partial charge in [0.05, 0.1) is 29.2 Å². The Morgan fingerprint density at radius 1 is 1.28 bits per heavy atom. The molecule has 0 radical (unpaired) electrons. The van der Waals surface area contributed by atoms with Crippen LogP contribution < -0.4 is 10.6 Å². The van der Waals surface area contributed by atoms with E-state index in [-0.39, 0.29) is 18.6 Å². The molecule has 128 valence electrons. The molecule has 0 saturated carbocycles. The van der Waals surface area contributed by atoms with E-state index in [1.54, 1.807) is 6.07 Å². The van der Waals surface area contributed by atoms with E-state index >= 15 is 0 Å². The van der Waals surface area contributed by atoms with E-state index in [0.29, 0.717) is 12.1 Å². The largest absolute Gasteiger partial charge is 0.394 e. The minimum Gasteiger partial charge on any atom is -0.394 e. The van der Waals surface area contributed by atoms with Gasteiger partial charge in [0.25, 0.3) is 5.91 Å². The first-order valence-corrected chi connectivity index (χ1v) is 8.36. The van der Waals surface area contributed by atoms with Crippen molar-refractivity contribution in [1.82, 2.24) is 20.2 Å². The molecule has 0 bridgehead atoms. The standard InChI is InChI=1S/C19H20N4O2/c1-20-9-12-5-7-13(8-6-12)18-22-16-4-2-3-15-17(16)23(18)10-14(11-24)21-19(15)25/h2-8,14,20,24H,9-11H2,1H3,(H,21,25)/t14-/m1/s1. The Morgan fingerprint density at radius 3 is 2.80 bits per heavy atom. The number of benzene rings is 2. The zero-order chi connectivity index (χ0) is 17.4. The second-order valence-electron chi connectivity index (χ2n) is 6.30. The first kappa shape index (κ1) is 15.8. The first-order valence-electron chi connectivity index (χ1n) is 8.36. The second kappa shape index (κ2) is 6.31. The number of hydrogen-bond acceptors (Lipinski definition) is 4. The molecule has 0 aliphatic carbocycles. The smallest absolute Gasteiger partial charge is 0.253 e. The van der Waals surface area contributed by atoms with Gasteiger partial charge in [0.1, 0.15) is 5.82 Å². The van der Waals surface area contributed by atoms with Gasteiger partial charge in [0.15, 0.2) is 0 Å². The van der Waals surface area contributed by atoms with E-state index in [1.807, 2.05) is 35.9 Å². The minimum atomic E-state index is -0.334. The molecule has 1 aliphatic rings. The summed E-state index contributed by atoms with van der Waals surface area (Å²) in [6.07, 6.45) is 0. The number of amides is 1. The van der Waals surface area contributed by atoms with Crippen molar-refractivity contribution in [3.05, 3.63) is 53.6 Å². The number of nitrogens with zero attached hydrogens (tertiary/aromatic N) is 2. The van der Waals surface area contributed by atoms with Crippen LogP contribution in [0.25, 0.3) is 22.4 Å². The summed E-state index contributed by atoms with van der Waals surface area (Å²) in [5, 5.41) is 15.6. The normalized spacial score (nSPS) is 16.7. The molecule has 0 spiro atoms. The lowest BCUT2D eigenvalue weighted by Crippen LogP contribution is -2.38. The van der Waals surface area contributed by atoms with Gasteiger partial charge in [-0.05, 0) is 24.7 Å². The van der Waals surface area contributed by atoms with Crippen molar-refractivity contribution in [1.29, 1.82) is 0 Å². The first-order chi connectivity index (χ1) is 12.2. The van der Waals surface area contributed by atoms with Crippen LogP contribution >= 0.6 is 0 Å². The fraction of sp³-hybridized carbons (Fsp3) is 0.263. The van der Waals surface area contributed by atoms with Crippen molar-refractivity contribution in [2.45, 2.75) is 19.1 Å². The molecule has 0 unspecified atom stereocenters. The molecule has 0 saturated heterocycles. The van der Waals surface area contributed by atoms with Gasteiger partial charge < -0.3 is 20.3 Å². The molecule has 2 heterocycles. The Balaban J connectivity index is 1.89. The lowest BCUT2D eigenvalue weighted by Gasteiger charge is -2.15. The lowest BCUT2D eigenvalue weighted by atomic mass is 10.1. The van der Waals surface area contributed by atoms with E-state index in [4.69, 9.17) is 4.98 Å². The van der Waals surface area contributed by atoms with Crippen molar-refractivity contribution in [2.75, 3.05) is 13.7 Å². The highest BCUT2D eigenvalue weighted by molar-refractivity contribution is 6.06. The van der Waals surface area contributed by atoms with Crippen molar-refractivity contribution >= 4 is 16.9 Å². The van der Waals surface area contributed by atoms with Crippen LogP contribution in [0.5, 0.6) is 0 Å². The number of nitrogens with one attached hydrogen (secondary N) is 2. The van der Waals surface area contributed by atoms with E-state index in [2.05, 4.69) is 22.8 Å². The number of imidazole rings is 1. The van der Waals surface area contributed by atoms with Crippen molar-refractivity contribution in [2.24, 2.45) is 0 Å². The van der Waals surface area contributed by atoms with Gasteiger partial charge >= 0.3 is 0 Å². The van der Waals surface area contributed by atoms with Gasteiger partial charge in [-0.1, -0.05) is 30.3 Å². The van der Waals surface area contributed by atoms with Gasteiger partial charge in [-0.15, -0.1) is 0 Å². The monoisotopic (exact) mass is 336 g/mol. The highest BCUT2D eigenvalue weighted by Gasteiger charge is 2.26. The molecule has 4 rings (SSSR count). The van der Waals surface area contributed by atoms with E-state index in [0.717, 1.165) is 29.0 Å². The maximum Gasteiger partial charge on any atom is 0.253 e. The molecule has 1 atom stereocenters. The molecule has 1 aliphatic heterocycles. The highest BCUT2D eigenvalue weighted by atomic mass is 16.3. The summed E-state index contributed by atoms with van der Waals surface area (Å²) in [5.74, 6) is 0.646. The van der Waals surface area contributed by atoms with E-state index < -0.39 is 0 Å². The van der Waals surface area contributed by atoms with Crippen LogP contribution in [0.15, 0.2) is 42.5 Å². The van der Waals surface area contributed by atoms with Crippen LogP contribution in [0.2, 0.25) is 0 Å². The number of para-hydroxylation sites is 1. The number of aliphatic hydroxyl groups is 1. The average Bonchev–Trinajstić information content (AvgIpc) is 2.92. The van der Waals surface area contributed by atoms with Gasteiger partial charge in [-0.3, -0.25) is 4.79 Å². The summed E-state index contributed by atoms with van der Waals surface area (Å²) < 4.78 is 2.04. The Kier molecular flexibility index (Phi) is 3.99. The van der Waals surface area contributed by atoms with Crippen LogP contribution in [0, 0.1) is 0 Å². The SMILES string of the molecule is CNCc1ccc(-c2nc3cccc4c3n2C[C@H](CO)NC4=O)cc1. The number of carbonyl (C=O) groups is 1. The molecule has 3 N–H and O–H groups in total. The molecule has 1 amide bonds. The zero-order valence-electron chi connectivity index (χ0n) is 14.0.